The van der Waals surface area contributed by atoms with Crippen LogP contribution in [0.2, 0.25) is 0 Å². The smallest absolute Gasteiger partial charge is 0.343 e. The minimum absolute atomic E-state index is 0.0316. The lowest BCUT2D eigenvalue weighted by Gasteiger charge is -2.14. The number of carbonyl (C=O) groups excluding carboxylic acids is 1. The highest BCUT2D eigenvalue weighted by molar-refractivity contribution is 6.26. The first kappa shape index (κ1) is 13.2. The fourth-order valence-electron chi connectivity index (χ4n) is 2.55. The number of fused-ring (bicyclic) bond motifs is 1. The van der Waals surface area contributed by atoms with Gasteiger partial charge in [-0.25, -0.2) is 4.79 Å². The third-order valence-electron chi connectivity index (χ3n) is 3.87. The van der Waals surface area contributed by atoms with Gasteiger partial charge in [-0.3, -0.25) is 9.20 Å². The van der Waals surface area contributed by atoms with Crippen molar-refractivity contribution in [2.24, 2.45) is 0 Å². The first-order valence-corrected chi connectivity index (χ1v) is 6.78. The molecule has 0 unspecified atom stereocenters. The molecule has 0 saturated heterocycles. The second kappa shape index (κ2) is 4.35. The Bertz CT molecular complexity index is 775. The fraction of sp³-hybridized carbons (Fsp3) is 0.333. The number of halogens is 1. The summed E-state index contributed by atoms with van der Waals surface area (Å²) in [6.07, 6.45) is 3.58. The van der Waals surface area contributed by atoms with Crippen LogP contribution in [0, 0.1) is 6.92 Å². The second-order valence-corrected chi connectivity index (χ2v) is 5.84. The molecule has 2 aromatic rings. The van der Waals surface area contributed by atoms with Crippen molar-refractivity contribution in [2.75, 3.05) is 7.11 Å². The number of methoxy groups -OCH3 is 1. The molecule has 2 aromatic heterocycles. The van der Waals surface area contributed by atoms with Gasteiger partial charge in [0.1, 0.15) is 5.56 Å². The summed E-state index contributed by atoms with van der Waals surface area (Å²) in [5, 5.41) is 0. The Hall–Kier alpha value is -1.81. The fourth-order valence-corrected chi connectivity index (χ4v) is 2.85. The zero-order valence-electron chi connectivity index (χ0n) is 11.3. The van der Waals surface area contributed by atoms with E-state index in [0.717, 1.165) is 29.5 Å². The number of esters is 1. The van der Waals surface area contributed by atoms with Crippen molar-refractivity contribution < 1.29 is 9.53 Å². The molecule has 4 nitrogen and oxygen atoms in total. The molecule has 0 bridgehead atoms. The van der Waals surface area contributed by atoms with Crippen molar-refractivity contribution in [2.45, 2.75) is 24.6 Å². The van der Waals surface area contributed by atoms with Gasteiger partial charge in [0.05, 0.1) is 17.5 Å². The van der Waals surface area contributed by atoms with Crippen LogP contribution in [0.5, 0.6) is 0 Å². The molecule has 0 aliphatic heterocycles. The molecule has 1 fully saturated rings. The highest BCUT2D eigenvalue weighted by atomic mass is 35.5. The van der Waals surface area contributed by atoms with Gasteiger partial charge in [0.2, 0.25) is 0 Å². The zero-order valence-corrected chi connectivity index (χ0v) is 12.0. The highest BCUT2D eigenvalue weighted by Gasteiger charge is 2.43. The maximum Gasteiger partial charge on any atom is 0.343 e. The molecular weight excluding hydrogens is 278 g/mol. The number of nitrogens with zero attached hydrogens (tertiary/aromatic N) is 1. The molecule has 0 radical (unpaired) electrons. The van der Waals surface area contributed by atoms with Crippen molar-refractivity contribution in [3.63, 3.8) is 0 Å². The van der Waals surface area contributed by atoms with Crippen LogP contribution in [0.4, 0.5) is 0 Å². The predicted molar refractivity (Wildman–Crippen MR) is 76.5 cm³/mol. The second-order valence-electron chi connectivity index (χ2n) is 5.12. The number of pyridine rings is 2. The quantitative estimate of drug-likeness (QED) is 0.631. The number of carbonyl (C=O) groups is 1. The van der Waals surface area contributed by atoms with Gasteiger partial charge in [0, 0.05) is 6.20 Å². The maximum atomic E-state index is 12.3. The van der Waals surface area contributed by atoms with Crippen LogP contribution in [-0.4, -0.2) is 17.5 Å². The van der Waals surface area contributed by atoms with Crippen molar-refractivity contribution in [3.05, 3.63) is 51.4 Å². The summed E-state index contributed by atoms with van der Waals surface area (Å²) in [7, 11) is 1.26. The molecule has 0 spiro atoms. The number of hydrogen-bond donors (Lipinski definition) is 0. The number of aromatic nitrogens is 1. The van der Waals surface area contributed by atoms with E-state index < -0.39 is 5.97 Å². The molecule has 1 saturated carbocycles. The van der Waals surface area contributed by atoms with E-state index >= 15 is 0 Å². The lowest BCUT2D eigenvalue weighted by molar-refractivity contribution is 0.0598. The van der Waals surface area contributed by atoms with Gasteiger partial charge >= 0.3 is 5.97 Å². The Labute approximate surface area is 120 Å². The summed E-state index contributed by atoms with van der Waals surface area (Å²) in [4.78, 5) is 23.6. The Morgan fingerprint density at radius 2 is 2.05 bits per heavy atom. The van der Waals surface area contributed by atoms with Crippen LogP contribution in [0.1, 0.15) is 34.3 Å². The van der Waals surface area contributed by atoms with Crippen molar-refractivity contribution in [1.29, 1.82) is 0 Å². The summed E-state index contributed by atoms with van der Waals surface area (Å²) in [5.74, 6) is -0.623. The molecule has 0 amide bonds. The summed E-state index contributed by atoms with van der Waals surface area (Å²) in [6, 6.07) is 5.13. The summed E-state index contributed by atoms with van der Waals surface area (Å²) < 4.78 is 6.08. The van der Waals surface area contributed by atoms with Gasteiger partial charge in [-0.15, -0.1) is 11.6 Å². The van der Waals surface area contributed by atoms with Gasteiger partial charge in [-0.1, -0.05) is 0 Å². The number of ether oxygens (including phenoxy) is 1. The lowest BCUT2D eigenvalue weighted by Crippen LogP contribution is -2.23. The molecule has 0 atom stereocenters. The van der Waals surface area contributed by atoms with Gasteiger partial charge in [0.25, 0.3) is 5.56 Å². The first-order chi connectivity index (χ1) is 9.48. The molecule has 1 aliphatic carbocycles. The van der Waals surface area contributed by atoms with Crippen LogP contribution in [0.15, 0.2) is 29.2 Å². The van der Waals surface area contributed by atoms with E-state index in [2.05, 4.69) is 4.74 Å². The molecular formula is C15H14ClNO3. The minimum atomic E-state index is -0.623. The van der Waals surface area contributed by atoms with Crippen molar-refractivity contribution >= 4 is 23.1 Å². The molecule has 20 heavy (non-hydrogen) atoms. The Morgan fingerprint density at radius 3 is 2.65 bits per heavy atom. The molecule has 5 heteroatoms. The van der Waals surface area contributed by atoms with Crippen LogP contribution in [0.3, 0.4) is 0 Å². The maximum absolute atomic E-state index is 12.3. The van der Waals surface area contributed by atoms with E-state index in [1.807, 2.05) is 13.0 Å². The van der Waals surface area contributed by atoms with Gasteiger partial charge in [-0.05, 0) is 49.1 Å². The first-order valence-electron chi connectivity index (χ1n) is 6.40. The number of rotatable bonds is 2. The molecule has 3 rings (SSSR count). The van der Waals surface area contributed by atoms with Crippen LogP contribution < -0.4 is 5.56 Å². The third kappa shape index (κ3) is 1.83. The summed E-state index contributed by atoms with van der Waals surface area (Å²) in [5.41, 5.74) is 2.47. The molecule has 2 heterocycles. The predicted octanol–water partition coefficient (Wildman–Crippen LogP) is 2.62. The zero-order chi connectivity index (χ0) is 14.5. The van der Waals surface area contributed by atoms with Crippen molar-refractivity contribution in [1.82, 2.24) is 4.40 Å². The summed E-state index contributed by atoms with van der Waals surface area (Å²) >= 11 is 6.46. The molecule has 0 N–H and O–H groups in total. The standard InChI is InChI=1S/C15H14ClNO3/c1-9-11(15(16)6-7-15)5-8-17-12(9)4-3-10(13(17)18)14(19)20-2/h3-5,8H,6-7H2,1-2H3. The van der Waals surface area contributed by atoms with E-state index in [1.165, 1.54) is 17.6 Å². The van der Waals surface area contributed by atoms with E-state index in [4.69, 9.17) is 11.6 Å². The normalized spacial score (nSPS) is 16.1. The van der Waals surface area contributed by atoms with E-state index in [1.54, 1.807) is 12.3 Å². The highest BCUT2D eigenvalue weighted by Crippen LogP contribution is 2.53. The lowest BCUT2D eigenvalue weighted by atomic mass is 10.0. The van der Waals surface area contributed by atoms with E-state index in [9.17, 15) is 9.59 Å². The molecule has 0 aromatic carbocycles. The van der Waals surface area contributed by atoms with Gasteiger partial charge < -0.3 is 4.74 Å². The van der Waals surface area contributed by atoms with Crippen LogP contribution in [-0.2, 0) is 9.61 Å². The van der Waals surface area contributed by atoms with Crippen LogP contribution >= 0.6 is 11.6 Å². The molecule has 104 valence electrons. The van der Waals surface area contributed by atoms with E-state index in [-0.39, 0.29) is 16.0 Å². The van der Waals surface area contributed by atoms with E-state index in [0.29, 0.717) is 0 Å². The number of aryl methyl sites for hydroxylation is 1. The Balaban J connectivity index is 2.26. The number of alkyl halides is 1. The Kier molecular flexibility index (Phi) is 2.87. The third-order valence-corrected chi connectivity index (χ3v) is 4.45. The van der Waals surface area contributed by atoms with Gasteiger partial charge in [-0.2, -0.15) is 0 Å². The average molecular weight is 292 g/mol. The topological polar surface area (TPSA) is 47.8 Å². The van der Waals surface area contributed by atoms with Crippen molar-refractivity contribution in [3.8, 4) is 0 Å². The largest absolute Gasteiger partial charge is 0.465 e. The average Bonchev–Trinajstić information content (AvgIpc) is 3.18. The Morgan fingerprint density at radius 1 is 1.35 bits per heavy atom. The van der Waals surface area contributed by atoms with Crippen LogP contribution in [0.25, 0.3) is 5.52 Å². The number of hydrogen-bond acceptors (Lipinski definition) is 3. The van der Waals surface area contributed by atoms with Gasteiger partial charge in [0.15, 0.2) is 0 Å². The SMILES string of the molecule is COC(=O)c1ccc2c(C)c(C3(Cl)CC3)ccn2c1=O. The molecule has 1 aliphatic rings. The summed E-state index contributed by atoms with van der Waals surface area (Å²) in [6.45, 7) is 1.95. The monoisotopic (exact) mass is 291 g/mol. The minimum Gasteiger partial charge on any atom is -0.465 e.